The highest BCUT2D eigenvalue weighted by Crippen LogP contribution is 2.43. The van der Waals surface area contributed by atoms with Gasteiger partial charge in [-0.2, -0.15) is 0 Å². The van der Waals surface area contributed by atoms with Gasteiger partial charge in [-0.25, -0.2) is 8.42 Å². The molecule has 10 atom stereocenters. The van der Waals surface area contributed by atoms with E-state index < -0.39 is 30.4 Å². The smallest absolute Gasteiger partial charge is 0.261 e. The SMILES string of the molecule is C=C([C@H](C)C[C@@H](Cl)CC[C@@H]1O[C@@H](CCCO[Si](c2ccccc2)(c2ccccc2)C(C)(C)C)CC1=C)[C@H](O)C[C@@H]1O[C@H](C[C@H]2CCC(C)(C)O2)[C@H](C)[C@H]1CS(=O)(=O)c1ccccc1. The van der Waals surface area contributed by atoms with Crippen molar-refractivity contribution in [3.05, 3.63) is 115 Å². The Morgan fingerprint density at radius 3 is 2.11 bits per heavy atom. The molecule has 346 valence electrons. The molecule has 3 heterocycles. The van der Waals surface area contributed by atoms with Crippen LogP contribution in [0.1, 0.15) is 113 Å². The van der Waals surface area contributed by atoms with Gasteiger partial charge in [-0.05, 0) is 116 Å². The largest absolute Gasteiger partial charge is 0.407 e. The molecule has 0 bridgehead atoms. The maximum absolute atomic E-state index is 13.7. The number of aliphatic hydroxyl groups is 1. The molecule has 0 spiro atoms. The summed E-state index contributed by atoms with van der Waals surface area (Å²) in [6.45, 7) is 24.7. The Balaban J connectivity index is 0.984. The van der Waals surface area contributed by atoms with Crippen molar-refractivity contribution in [2.24, 2.45) is 17.8 Å². The molecule has 0 saturated carbocycles. The van der Waals surface area contributed by atoms with Gasteiger partial charge in [-0.15, -0.1) is 11.6 Å². The molecule has 0 unspecified atom stereocenters. The van der Waals surface area contributed by atoms with Crippen LogP contribution in [0.4, 0.5) is 0 Å². The summed E-state index contributed by atoms with van der Waals surface area (Å²) in [5.41, 5.74) is 1.66. The minimum absolute atomic E-state index is 0.0275. The van der Waals surface area contributed by atoms with E-state index in [1.165, 1.54) is 10.4 Å². The first kappa shape index (κ1) is 49.8. The second-order valence-corrected chi connectivity index (χ2v) is 27.5. The first-order valence-corrected chi connectivity index (χ1v) is 27.5. The molecule has 3 aromatic carbocycles. The number of aliphatic hydroxyl groups excluding tert-OH is 1. The van der Waals surface area contributed by atoms with Gasteiger partial charge >= 0.3 is 0 Å². The molecule has 63 heavy (non-hydrogen) atoms. The van der Waals surface area contributed by atoms with Crippen molar-refractivity contribution in [2.45, 2.75) is 170 Å². The molecule has 3 aliphatic heterocycles. The number of hydrogen-bond donors (Lipinski definition) is 1. The molecule has 0 amide bonds. The van der Waals surface area contributed by atoms with Gasteiger partial charge in [0.2, 0.25) is 0 Å². The third-order valence-corrected chi connectivity index (χ3v) is 21.5. The Labute approximate surface area is 386 Å². The summed E-state index contributed by atoms with van der Waals surface area (Å²) in [6.07, 6.45) is 6.46. The zero-order valence-electron chi connectivity index (χ0n) is 39.0. The van der Waals surface area contributed by atoms with Crippen LogP contribution in [0.3, 0.4) is 0 Å². The van der Waals surface area contributed by atoms with E-state index in [4.69, 9.17) is 30.2 Å². The number of benzene rings is 3. The quantitative estimate of drug-likeness (QED) is 0.0493. The predicted octanol–water partition coefficient (Wildman–Crippen LogP) is 10.6. The highest BCUT2D eigenvalue weighted by atomic mass is 35.5. The van der Waals surface area contributed by atoms with Gasteiger partial charge in [0.15, 0.2) is 9.84 Å². The van der Waals surface area contributed by atoms with Crippen molar-refractivity contribution < 1.29 is 32.2 Å². The standard InChI is InChI=1S/C53H75ClO7SSi/c1-37(39(3)48(55)35-51-47(36-62(56,57)44-21-13-10-14-22-44)40(4)50(60-51)34-43-29-30-53(8,9)61-43)32-41(54)27-28-49-38(2)33-42(59-49)20-19-31-58-63(52(5,6)7,45-23-15-11-16-24-45)46-25-17-12-18-26-46/h10-18,21-26,37,40-43,47-51,55H,2-3,19-20,27-36H2,1,4-9H3/t37-,40-,41+,42+,43-,47-,48-,49+,50-,51+/m1/s1. The van der Waals surface area contributed by atoms with Crippen LogP contribution < -0.4 is 10.4 Å². The molecular formula is C53H75ClO7SSi. The van der Waals surface area contributed by atoms with Gasteiger partial charge in [0.25, 0.3) is 8.32 Å². The monoisotopic (exact) mass is 918 g/mol. The Kier molecular flexibility index (Phi) is 16.9. The molecule has 3 aromatic rings. The first-order chi connectivity index (χ1) is 29.8. The van der Waals surface area contributed by atoms with Crippen LogP contribution in [0.2, 0.25) is 5.04 Å². The van der Waals surface area contributed by atoms with Crippen LogP contribution in [0.5, 0.6) is 0 Å². The van der Waals surface area contributed by atoms with Crippen molar-refractivity contribution in [3.8, 4) is 0 Å². The average molecular weight is 920 g/mol. The summed E-state index contributed by atoms with van der Waals surface area (Å²) in [4.78, 5) is 0.311. The molecule has 1 N–H and O–H groups in total. The molecule has 7 nitrogen and oxygen atoms in total. The van der Waals surface area contributed by atoms with E-state index in [0.717, 1.165) is 50.5 Å². The lowest BCUT2D eigenvalue weighted by molar-refractivity contribution is -0.0558. The summed E-state index contributed by atoms with van der Waals surface area (Å²) < 4.78 is 54.1. The van der Waals surface area contributed by atoms with Gasteiger partial charge in [0, 0.05) is 30.7 Å². The van der Waals surface area contributed by atoms with E-state index in [-0.39, 0.29) is 70.4 Å². The van der Waals surface area contributed by atoms with E-state index in [0.29, 0.717) is 29.9 Å². The van der Waals surface area contributed by atoms with Gasteiger partial charge in [0.05, 0.1) is 52.9 Å². The van der Waals surface area contributed by atoms with Crippen molar-refractivity contribution in [1.82, 2.24) is 0 Å². The van der Waals surface area contributed by atoms with Crippen LogP contribution in [0, 0.1) is 17.8 Å². The number of alkyl halides is 1. The van der Waals surface area contributed by atoms with Crippen molar-refractivity contribution in [3.63, 3.8) is 0 Å². The second-order valence-electron chi connectivity index (χ2n) is 20.5. The summed E-state index contributed by atoms with van der Waals surface area (Å²) in [5.74, 6) is -0.402. The van der Waals surface area contributed by atoms with Crippen LogP contribution >= 0.6 is 11.6 Å². The molecule has 0 radical (unpaired) electrons. The molecular weight excluding hydrogens is 844 g/mol. The van der Waals surface area contributed by atoms with Gasteiger partial charge in [0.1, 0.15) is 0 Å². The topological polar surface area (TPSA) is 91.3 Å². The van der Waals surface area contributed by atoms with E-state index in [1.54, 1.807) is 24.3 Å². The fourth-order valence-electron chi connectivity index (χ4n) is 10.5. The third-order valence-electron chi connectivity index (χ3n) is 14.2. The van der Waals surface area contributed by atoms with E-state index >= 15 is 0 Å². The number of ether oxygens (including phenoxy) is 3. The third kappa shape index (κ3) is 12.4. The fourth-order valence-corrected chi connectivity index (χ4v) is 17.3. The molecule has 0 aromatic heterocycles. The van der Waals surface area contributed by atoms with Crippen LogP contribution in [0.25, 0.3) is 0 Å². The molecule has 3 saturated heterocycles. The van der Waals surface area contributed by atoms with E-state index in [1.807, 2.05) is 6.07 Å². The van der Waals surface area contributed by atoms with Crippen molar-refractivity contribution >= 4 is 40.1 Å². The van der Waals surface area contributed by atoms with Gasteiger partial charge in [-0.3, -0.25) is 0 Å². The summed E-state index contributed by atoms with van der Waals surface area (Å²) >= 11 is 7.01. The highest BCUT2D eigenvalue weighted by Gasteiger charge is 2.50. The number of halogens is 1. The second kappa shape index (κ2) is 21.4. The summed E-state index contributed by atoms with van der Waals surface area (Å²) in [6, 6.07) is 30.2. The summed E-state index contributed by atoms with van der Waals surface area (Å²) in [7, 11) is -6.16. The molecule has 3 fully saturated rings. The van der Waals surface area contributed by atoms with Gasteiger partial charge < -0.3 is 23.7 Å². The van der Waals surface area contributed by atoms with Gasteiger partial charge in [-0.1, -0.05) is 127 Å². The molecule has 10 heteroatoms. The zero-order valence-corrected chi connectivity index (χ0v) is 41.6. The zero-order chi connectivity index (χ0) is 45.6. The normalized spacial score (nSPS) is 26.7. The Bertz CT molecular complexity index is 2000. The molecule has 0 aliphatic carbocycles. The lowest BCUT2D eigenvalue weighted by atomic mass is 9.84. The summed E-state index contributed by atoms with van der Waals surface area (Å²) in [5, 5.41) is 14.0. The van der Waals surface area contributed by atoms with Crippen LogP contribution in [0.15, 0.2) is 120 Å². The van der Waals surface area contributed by atoms with Crippen LogP contribution in [-0.4, -0.2) is 81.8 Å². The number of rotatable bonds is 21. The minimum Gasteiger partial charge on any atom is -0.407 e. The predicted molar refractivity (Wildman–Crippen MR) is 260 cm³/mol. The number of sulfone groups is 1. The van der Waals surface area contributed by atoms with E-state index in [2.05, 4.69) is 122 Å². The maximum atomic E-state index is 13.7. The Morgan fingerprint density at radius 2 is 1.54 bits per heavy atom. The lowest BCUT2D eigenvalue weighted by Crippen LogP contribution is -2.66. The maximum Gasteiger partial charge on any atom is 0.261 e. The molecule has 6 rings (SSSR count). The van der Waals surface area contributed by atoms with Crippen molar-refractivity contribution in [1.29, 1.82) is 0 Å². The Hall–Kier alpha value is -2.60. The van der Waals surface area contributed by atoms with Crippen LogP contribution in [-0.2, 0) is 28.5 Å². The van der Waals surface area contributed by atoms with Crippen molar-refractivity contribution in [2.75, 3.05) is 12.4 Å². The van der Waals surface area contributed by atoms with E-state index in [9.17, 15) is 13.5 Å². The fraction of sp³-hybridized carbons (Fsp3) is 0.585. The Morgan fingerprint density at radius 1 is 0.937 bits per heavy atom. The first-order valence-electron chi connectivity index (χ1n) is 23.5. The minimum atomic E-state index is -3.58. The number of hydrogen-bond acceptors (Lipinski definition) is 7. The average Bonchev–Trinajstić information content (AvgIpc) is 3.88. The molecule has 3 aliphatic rings. The lowest BCUT2D eigenvalue weighted by Gasteiger charge is -2.43. The highest BCUT2D eigenvalue weighted by molar-refractivity contribution is 7.91.